The summed E-state index contributed by atoms with van der Waals surface area (Å²) in [6, 6.07) is 9.06. The zero-order valence-corrected chi connectivity index (χ0v) is 18.4. The zero-order chi connectivity index (χ0) is 22.5. The predicted molar refractivity (Wildman–Crippen MR) is 116 cm³/mol. The van der Waals surface area contributed by atoms with Crippen LogP contribution in [0.4, 0.5) is 13.6 Å². The summed E-state index contributed by atoms with van der Waals surface area (Å²) in [5.74, 6) is -0.702. The normalized spacial score (nSPS) is 27.9. The van der Waals surface area contributed by atoms with Crippen LogP contribution in [0.5, 0.6) is 5.75 Å². The third-order valence-corrected chi connectivity index (χ3v) is 7.08. The highest BCUT2D eigenvalue weighted by Crippen LogP contribution is 2.44. The lowest BCUT2D eigenvalue weighted by molar-refractivity contribution is -0.0361. The van der Waals surface area contributed by atoms with Crippen molar-refractivity contribution in [2.45, 2.75) is 38.8 Å². The van der Waals surface area contributed by atoms with Gasteiger partial charge in [-0.15, -0.1) is 0 Å². The predicted octanol–water partition coefficient (Wildman–Crippen LogP) is 4.91. The van der Waals surface area contributed by atoms with Gasteiger partial charge in [0.25, 0.3) is 0 Å². The standard InChI is InChI=1S/C25H28F2N2O3/c1-25(2)14-31-21-12-17(16-4-6-19(26)20(27)11-16)3-5-18(21)23(25)28-24(30)32-22-13-29-9-7-15(22)8-10-29/h3-6,11-12,15,22-23H,7-10,13-14H2,1-2H3,(H,28,30)/t22-,23?/m1/s1. The number of benzene rings is 2. The molecule has 6 rings (SSSR count). The monoisotopic (exact) mass is 442 g/mol. The highest BCUT2D eigenvalue weighted by Gasteiger charge is 2.41. The van der Waals surface area contributed by atoms with Gasteiger partial charge in [0, 0.05) is 17.5 Å². The molecule has 4 aliphatic rings. The molecule has 3 saturated heterocycles. The Morgan fingerprint density at radius 1 is 1.09 bits per heavy atom. The van der Waals surface area contributed by atoms with Crippen molar-refractivity contribution in [1.29, 1.82) is 0 Å². The smallest absolute Gasteiger partial charge is 0.407 e. The number of fused-ring (bicyclic) bond motifs is 4. The fraction of sp³-hybridized carbons (Fsp3) is 0.480. The van der Waals surface area contributed by atoms with E-state index in [4.69, 9.17) is 9.47 Å². The van der Waals surface area contributed by atoms with E-state index in [0.29, 0.717) is 23.8 Å². The summed E-state index contributed by atoms with van der Waals surface area (Å²) < 4.78 is 38.8. The lowest BCUT2D eigenvalue weighted by Crippen LogP contribution is -2.53. The Morgan fingerprint density at radius 3 is 2.50 bits per heavy atom. The summed E-state index contributed by atoms with van der Waals surface area (Å²) in [5.41, 5.74) is 1.78. The number of nitrogens with zero attached hydrogens (tertiary/aromatic N) is 1. The molecule has 2 aromatic rings. The van der Waals surface area contributed by atoms with Crippen LogP contribution in [0.2, 0.25) is 0 Å². The molecule has 32 heavy (non-hydrogen) atoms. The number of piperidine rings is 3. The molecule has 5 nitrogen and oxygen atoms in total. The van der Waals surface area contributed by atoms with E-state index in [9.17, 15) is 13.6 Å². The summed E-state index contributed by atoms with van der Waals surface area (Å²) >= 11 is 0. The van der Waals surface area contributed by atoms with Gasteiger partial charge >= 0.3 is 6.09 Å². The van der Waals surface area contributed by atoms with E-state index in [2.05, 4.69) is 10.2 Å². The van der Waals surface area contributed by atoms with Gasteiger partial charge in [0.15, 0.2) is 11.6 Å². The summed E-state index contributed by atoms with van der Waals surface area (Å²) in [4.78, 5) is 15.2. The number of halogens is 2. The second kappa shape index (κ2) is 8.03. The maximum absolute atomic E-state index is 13.7. The van der Waals surface area contributed by atoms with E-state index >= 15 is 0 Å². The molecule has 1 amide bonds. The van der Waals surface area contributed by atoms with Crippen molar-refractivity contribution in [3.05, 3.63) is 53.6 Å². The SMILES string of the molecule is CC1(C)COc2cc(-c3ccc(F)c(F)c3)ccc2C1NC(=O)O[C@@H]1CN2CCC1CC2. The van der Waals surface area contributed by atoms with E-state index in [1.165, 1.54) is 12.1 Å². The molecule has 3 fully saturated rings. The van der Waals surface area contributed by atoms with Gasteiger partial charge in [0.05, 0.1) is 12.6 Å². The van der Waals surface area contributed by atoms with E-state index in [1.54, 1.807) is 0 Å². The molecule has 0 saturated carbocycles. The van der Waals surface area contributed by atoms with Gasteiger partial charge < -0.3 is 14.8 Å². The van der Waals surface area contributed by atoms with Gasteiger partial charge in [-0.2, -0.15) is 0 Å². The van der Waals surface area contributed by atoms with Crippen LogP contribution in [-0.4, -0.2) is 43.3 Å². The molecular weight excluding hydrogens is 414 g/mol. The largest absolute Gasteiger partial charge is 0.493 e. The average Bonchev–Trinajstić information content (AvgIpc) is 2.78. The van der Waals surface area contributed by atoms with Crippen LogP contribution < -0.4 is 10.1 Å². The fourth-order valence-corrected chi connectivity index (χ4v) is 5.13. The maximum Gasteiger partial charge on any atom is 0.407 e. The van der Waals surface area contributed by atoms with Crippen molar-refractivity contribution in [3.63, 3.8) is 0 Å². The van der Waals surface area contributed by atoms with Crippen LogP contribution in [0.25, 0.3) is 11.1 Å². The minimum atomic E-state index is -0.891. The number of ether oxygens (including phenoxy) is 2. The first kappa shape index (κ1) is 21.2. The van der Waals surface area contributed by atoms with Gasteiger partial charge in [-0.25, -0.2) is 13.6 Å². The van der Waals surface area contributed by atoms with Crippen LogP contribution in [0.1, 0.15) is 38.3 Å². The highest BCUT2D eigenvalue weighted by molar-refractivity contribution is 5.70. The number of amides is 1. The molecule has 170 valence electrons. The number of nitrogens with one attached hydrogen (secondary N) is 1. The van der Waals surface area contributed by atoms with Crippen LogP contribution in [-0.2, 0) is 4.74 Å². The number of carbonyl (C=O) groups is 1. The molecule has 4 heterocycles. The maximum atomic E-state index is 13.7. The van der Waals surface area contributed by atoms with Crippen LogP contribution in [0.15, 0.2) is 36.4 Å². The molecule has 0 aromatic heterocycles. The topological polar surface area (TPSA) is 50.8 Å². The molecule has 2 bridgehead atoms. The number of hydrogen-bond acceptors (Lipinski definition) is 4. The Balaban J connectivity index is 1.36. The molecule has 4 aliphatic heterocycles. The molecule has 2 atom stereocenters. The second-order valence-electron chi connectivity index (χ2n) is 9.82. The Morgan fingerprint density at radius 2 is 1.81 bits per heavy atom. The molecule has 0 radical (unpaired) electrons. The summed E-state index contributed by atoms with van der Waals surface area (Å²) in [6.45, 7) is 7.48. The summed E-state index contributed by atoms with van der Waals surface area (Å²) in [7, 11) is 0. The molecule has 1 unspecified atom stereocenters. The Labute approximate surface area is 186 Å². The Kier molecular flexibility index (Phi) is 5.32. The lowest BCUT2D eigenvalue weighted by Gasteiger charge is -2.44. The van der Waals surface area contributed by atoms with Crippen molar-refractivity contribution in [1.82, 2.24) is 10.2 Å². The van der Waals surface area contributed by atoms with Crippen LogP contribution in [0, 0.1) is 23.0 Å². The lowest BCUT2D eigenvalue weighted by atomic mass is 9.78. The first-order chi connectivity index (χ1) is 15.3. The first-order valence-electron chi connectivity index (χ1n) is 11.2. The van der Waals surface area contributed by atoms with Gasteiger partial charge in [-0.1, -0.05) is 32.0 Å². The third-order valence-electron chi connectivity index (χ3n) is 7.08. The molecular formula is C25H28F2N2O3. The van der Waals surface area contributed by atoms with Crippen LogP contribution >= 0.6 is 0 Å². The minimum Gasteiger partial charge on any atom is -0.493 e. The van der Waals surface area contributed by atoms with E-state index < -0.39 is 17.7 Å². The number of carbonyl (C=O) groups excluding carboxylic acids is 1. The number of rotatable bonds is 3. The summed E-state index contributed by atoms with van der Waals surface area (Å²) in [6.07, 6.45) is 1.70. The Bertz CT molecular complexity index is 1030. The molecule has 0 spiro atoms. The first-order valence-corrected chi connectivity index (χ1v) is 11.2. The van der Waals surface area contributed by atoms with Crippen molar-refractivity contribution in [2.24, 2.45) is 11.3 Å². The second-order valence-corrected chi connectivity index (χ2v) is 9.82. The van der Waals surface area contributed by atoms with E-state index in [-0.39, 0.29) is 17.6 Å². The quantitative estimate of drug-likeness (QED) is 0.734. The molecule has 7 heteroatoms. The van der Waals surface area contributed by atoms with E-state index in [1.807, 2.05) is 32.0 Å². The molecule has 0 aliphatic carbocycles. The van der Waals surface area contributed by atoms with Crippen molar-refractivity contribution < 1.29 is 23.0 Å². The average molecular weight is 443 g/mol. The zero-order valence-electron chi connectivity index (χ0n) is 18.4. The van der Waals surface area contributed by atoms with Crippen molar-refractivity contribution in [3.8, 4) is 16.9 Å². The molecule has 1 N–H and O–H groups in total. The third kappa shape index (κ3) is 3.94. The van der Waals surface area contributed by atoms with Gasteiger partial charge in [-0.3, -0.25) is 4.90 Å². The Hall–Kier alpha value is -2.67. The number of hydrogen-bond donors (Lipinski definition) is 1. The van der Waals surface area contributed by atoms with Crippen molar-refractivity contribution >= 4 is 6.09 Å². The fourth-order valence-electron chi connectivity index (χ4n) is 5.13. The van der Waals surface area contributed by atoms with Crippen LogP contribution in [0.3, 0.4) is 0 Å². The van der Waals surface area contributed by atoms with Gasteiger partial charge in [0.1, 0.15) is 11.9 Å². The van der Waals surface area contributed by atoms with E-state index in [0.717, 1.165) is 49.7 Å². The van der Waals surface area contributed by atoms with Gasteiger partial charge in [-0.05, 0) is 61.2 Å². The molecule has 2 aromatic carbocycles. The summed E-state index contributed by atoms with van der Waals surface area (Å²) in [5, 5.41) is 3.08. The highest BCUT2D eigenvalue weighted by atomic mass is 19.2. The van der Waals surface area contributed by atoms with Gasteiger partial charge in [0.2, 0.25) is 0 Å². The minimum absolute atomic E-state index is 0.0596. The van der Waals surface area contributed by atoms with Crippen molar-refractivity contribution in [2.75, 3.05) is 26.2 Å². The number of alkyl carbamates (subject to hydrolysis) is 1.